The number of phenolic OH excluding ortho intramolecular Hbond substituents is 1. The van der Waals surface area contributed by atoms with Crippen LogP contribution in [0.1, 0.15) is 49.8 Å². The van der Waals surface area contributed by atoms with E-state index in [1.165, 1.54) is 6.08 Å². The first kappa shape index (κ1) is 35.3. The Bertz CT molecular complexity index is 2280. The highest BCUT2D eigenvalue weighted by atomic mass is 16.7. The first-order valence-electron chi connectivity index (χ1n) is 18.6. The minimum Gasteiger partial charge on any atom is -0.508 e. The number of rotatable bonds is 7. The van der Waals surface area contributed by atoms with Crippen LogP contribution in [0.5, 0.6) is 11.5 Å². The van der Waals surface area contributed by atoms with Gasteiger partial charge in [-0.25, -0.2) is 4.79 Å². The Morgan fingerprint density at radius 1 is 0.926 bits per heavy atom. The fourth-order valence-electron chi connectivity index (χ4n) is 10.2. The van der Waals surface area contributed by atoms with Crippen molar-refractivity contribution < 1.29 is 54.8 Å². The molecule has 12 heteroatoms. The first-order valence-corrected chi connectivity index (χ1v) is 18.6. The molecule has 1 saturated carbocycles. The number of ether oxygens (including phenoxy) is 3. The van der Waals surface area contributed by atoms with E-state index < -0.39 is 71.9 Å². The number of carbonyl (C=O) groups excluding carboxylic acids is 1. The Labute approximate surface area is 309 Å². The molecule has 2 aliphatic carbocycles. The zero-order chi connectivity index (χ0) is 37.6. The van der Waals surface area contributed by atoms with Crippen molar-refractivity contribution >= 4 is 38.4 Å². The van der Waals surface area contributed by atoms with Gasteiger partial charge in [-0.1, -0.05) is 73.9 Å². The molecule has 5 aromatic rings. The van der Waals surface area contributed by atoms with Gasteiger partial charge in [0.1, 0.15) is 18.0 Å². The van der Waals surface area contributed by atoms with Crippen molar-refractivity contribution in [3.05, 3.63) is 96.2 Å². The lowest BCUT2D eigenvalue weighted by atomic mass is 9.57. The third-order valence-corrected chi connectivity index (χ3v) is 12.7. The average Bonchev–Trinajstić information content (AvgIpc) is 3.65. The molecule has 3 heterocycles. The van der Waals surface area contributed by atoms with E-state index in [1.54, 1.807) is 30.3 Å². The van der Waals surface area contributed by atoms with Crippen LogP contribution in [0.3, 0.4) is 0 Å². The van der Waals surface area contributed by atoms with Gasteiger partial charge in [0, 0.05) is 17.3 Å². The number of aromatic nitrogens is 1. The highest BCUT2D eigenvalue weighted by molar-refractivity contribution is 6.14. The van der Waals surface area contributed by atoms with Crippen molar-refractivity contribution in [2.45, 2.75) is 92.6 Å². The largest absolute Gasteiger partial charge is 0.508 e. The van der Waals surface area contributed by atoms with E-state index in [-0.39, 0.29) is 23.6 Å². The second kappa shape index (κ2) is 12.9. The van der Waals surface area contributed by atoms with Gasteiger partial charge in [0.2, 0.25) is 5.79 Å². The van der Waals surface area contributed by atoms with Gasteiger partial charge in [-0.05, 0) is 76.7 Å². The molecule has 4 aliphatic rings. The molecule has 8 atom stereocenters. The molecule has 4 aromatic carbocycles. The molecule has 12 nitrogen and oxygen atoms in total. The fourth-order valence-corrected chi connectivity index (χ4v) is 10.2. The Morgan fingerprint density at radius 2 is 1.65 bits per heavy atom. The molecule has 2 aliphatic heterocycles. The van der Waals surface area contributed by atoms with Gasteiger partial charge in [0.05, 0.1) is 29.3 Å². The van der Waals surface area contributed by atoms with E-state index in [0.717, 1.165) is 46.4 Å². The molecule has 2 saturated heterocycles. The van der Waals surface area contributed by atoms with Gasteiger partial charge in [0.15, 0.2) is 23.7 Å². The summed E-state index contributed by atoms with van der Waals surface area (Å²) in [5.74, 6) is -5.52. The number of esters is 1. The Balaban J connectivity index is 1.13. The van der Waals surface area contributed by atoms with Crippen LogP contribution in [0.2, 0.25) is 0 Å². The monoisotopic (exact) mass is 737 g/mol. The van der Waals surface area contributed by atoms with E-state index in [2.05, 4.69) is 4.98 Å². The minimum atomic E-state index is -2.68. The van der Waals surface area contributed by atoms with Gasteiger partial charge < -0.3 is 54.9 Å². The Kier molecular flexibility index (Phi) is 8.41. The second-order valence-electron chi connectivity index (χ2n) is 15.5. The van der Waals surface area contributed by atoms with E-state index in [9.17, 15) is 40.5 Å². The lowest BCUT2D eigenvalue weighted by Crippen LogP contribution is -2.71. The number of phenols is 1. The van der Waals surface area contributed by atoms with Crippen molar-refractivity contribution in [2.75, 3.05) is 0 Å². The minimum absolute atomic E-state index is 0.00281. The number of H-pyrrole nitrogens is 1. The molecule has 0 spiro atoms. The van der Waals surface area contributed by atoms with Crippen molar-refractivity contribution in [3.8, 4) is 11.5 Å². The van der Waals surface area contributed by atoms with Crippen LogP contribution in [0.15, 0.2) is 84.9 Å². The first-order chi connectivity index (χ1) is 26.0. The number of fused-ring (bicyclic) bond motifs is 4. The standard InChI is InChI=1S/C42H43NO11/c44-21-30-35(33-28-19-23-7-3-2-6-22(23)18-24(28)8-14-29(33)43-30)53-39(49)36-37-41(50)26(11-15-32(46)42(41,51)54-36)20-31(52-37)34(38(47)48)40(16-4-1-5-17-40)25-9-12-27(45)13-10-25/h2-3,6-15,18-19,26,31-32,34,36-38,43-48,50-51H,1,4-5,16-17,20-21H2. The maximum absolute atomic E-state index is 14.5. The van der Waals surface area contributed by atoms with Crippen molar-refractivity contribution in [3.63, 3.8) is 0 Å². The number of aromatic amines is 1. The number of aromatic hydroxyl groups is 1. The molecule has 8 unspecified atom stereocenters. The number of benzene rings is 4. The summed E-state index contributed by atoms with van der Waals surface area (Å²) in [6.45, 7) is -0.506. The van der Waals surface area contributed by atoms with E-state index in [1.807, 2.05) is 48.5 Å². The maximum Gasteiger partial charge on any atom is 0.343 e. The second-order valence-corrected chi connectivity index (χ2v) is 15.5. The third-order valence-electron chi connectivity index (χ3n) is 12.7. The topological polar surface area (TPSA) is 202 Å². The van der Waals surface area contributed by atoms with Gasteiger partial charge in [0.25, 0.3) is 0 Å². The smallest absolute Gasteiger partial charge is 0.343 e. The lowest BCUT2D eigenvalue weighted by molar-refractivity contribution is -0.329. The van der Waals surface area contributed by atoms with Crippen LogP contribution >= 0.6 is 0 Å². The molecule has 3 fully saturated rings. The van der Waals surface area contributed by atoms with Crippen molar-refractivity contribution in [1.82, 2.24) is 4.98 Å². The number of hydrogen-bond acceptors (Lipinski definition) is 11. The Hall–Kier alpha value is -4.37. The zero-order valence-electron chi connectivity index (χ0n) is 29.3. The summed E-state index contributed by atoms with van der Waals surface area (Å²) in [6, 6.07) is 22.3. The van der Waals surface area contributed by atoms with Crippen LogP contribution in [0, 0.1) is 11.8 Å². The number of carbonyl (C=O) groups is 1. The molecule has 0 radical (unpaired) electrons. The summed E-state index contributed by atoms with van der Waals surface area (Å²) in [7, 11) is 0. The Morgan fingerprint density at radius 3 is 2.35 bits per heavy atom. The van der Waals surface area contributed by atoms with E-state index in [0.29, 0.717) is 23.7 Å². The summed E-state index contributed by atoms with van der Waals surface area (Å²) in [5, 5.41) is 82.4. The molecule has 0 bridgehead atoms. The molecule has 54 heavy (non-hydrogen) atoms. The van der Waals surface area contributed by atoms with Crippen LogP contribution in [-0.2, 0) is 26.3 Å². The molecule has 9 rings (SSSR count). The summed E-state index contributed by atoms with van der Waals surface area (Å²) in [6.07, 6.45) is -1.42. The van der Waals surface area contributed by atoms with Gasteiger partial charge >= 0.3 is 5.97 Å². The van der Waals surface area contributed by atoms with Crippen LogP contribution < -0.4 is 4.74 Å². The SMILES string of the molecule is O=C(Oc1c(CO)[nH]c2ccc3cc4ccccc4cc3c12)C1OC2(O)C(O)C=CC3CC(C(C(O)O)C4(c5ccc(O)cc5)CCCCC4)OC1C32O. The third kappa shape index (κ3) is 5.09. The fraction of sp³-hybridized carbons (Fsp3) is 0.405. The molecular weight excluding hydrogens is 694 g/mol. The summed E-state index contributed by atoms with van der Waals surface area (Å²) < 4.78 is 18.7. The van der Waals surface area contributed by atoms with E-state index >= 15 is 0 Å². The van der Waals surface area contributed by atoms with Crippen LogP contribution in [0.4, 0.5) is 0 Å². The van der Waals surface area contributed by atoms with Gasteiger partial charge in [-0.15, -0.1) is 0 Å². The highest BCUT2D eigenvalue weighted by Crippen LogP contribution is 2.58. The summed E-state index contributed by atoms with van der Waals surface area (Å²) in [5.41, 5.74) is -1.54. The average molecular weight is 738 g/mol. The lowest BCUT2D eigenvalue weighted by Gasteiger charge is -2.55. The number of nitrogens with one attached hydrogen (secondary N) is 1. The number of aliphatic hydroxyl groups is 6. The molecular formula is C42H43NO11. The number of hydrogen-bond donors (Lipinski definition) is 8. The summed E-state index contributed by atoms with van der Waals surface area (Å²) in [4.78, 5) is 17.6. The molecule has 8 N–H and O–H groups in total. The quantitative estimate of drug-likeness (QED) is 0.0521. The summed E-state index contributed by atoms with van der Waals surface area (Å²) >= 11 is 0. The van der Waals surface area contributed by atoms with Crippen molar-refractivity contribution in [1.29, 1.82) is 0 Å². The van der Waals surface area contributed by atoms with Crippen LogP contribution in [-0.4, -0.2) is 88.8 Å². The number of aliphatic hydroxyl groups excluding tert-OH is 3. The molecule has 282 valence electrons. The predicted octanol–water partition coefficient (Wildman–Crippen LogP) is 3.93. The zero-order valence-corrected chi connectivity index (χ0v) is 29.3. The van der Waals surface area contributed by atoms with Gasteiger partial charge in [-0.2, -0.15) is 0 Å². The normalized spacial score (nSPS) is 30.9. The highest BCUT2D eigenvalue weighted by Gasteiger charge is 2.76. The van der Waals surface area contributed by atoms with Crippen LogP contribution in [0.25, 0.3) is 32.4 Å². The molecule has 1 aromatic heterocycles. The predicted molar refractivity (Wildman–Crippen MR) is 196 cm³/mol. The van der Waals surface area contributed by atoms with Gasteiger partial charge in [-0.3, -0.25) is 0 Å². The maximum atomic E-state index is 14.5. The van der Waals surface area contributed by atoms with E-state index in [4.69, 9.17) is 14.2 Å². The van der Waals surface area contributed by atoms with Crippen molar-refractivity contribution in [2.24, 2.45) is 11.8 Å². The molecule has 0 amide bonds.